The van der Waals surface area contributed by atoms with E-state index < -0.39 is 5.91 Å². The maximum absolute atomic E-state index is 13.7. The minimum Gasteiger partial charge on any atom is -0.497 e. The first-order chi connectivity index (χ1) is 13.2. The number of rotatable bonds is 7. The Kier molecular flexibility index (Phi) is 5.84. The second-order valence-electron chi connectivity index (χ2n) is 5.44. The van der Waals surface area contributed by atoms with Crippen LogP contribution in [0, 0.1) is 5.82 Å². The number of amides is 1. The van der Waals surface area contributed by atoms with Crippen LogP contribution in [0.5, 0.6) is 11.5 Å². The van der Waals surface area contributed by atoms with E-state index in [4.69, 9.17) is 13.9 Å². The zero-order valence-electron chi connectivity index (χ0n) is 14.5. The van der Waals surface area contributed by atoms with E-state index in [0.29, 0.717) is 28.6 Å². The molecule has 1 aromatic heterocycles. The van der Waals surface area contributed by atoms with Gasteiger partial charge in [-0.15, -0.1) is 0 Å². The quantitative estimate of drug-likeness (QED) is 0.511. The number of hydrogen-bond acceptors (Lipinski definition) is 5. The van der Waals surface area contributed by atoms with Crippen molar-refractivity contribution in [3.8, 4) is 22.8 Å². The van der Waals surface area contributed by atoms with Gasteiger partial charge in [-0.2, -0.15) is 5.10 Å². The van der Waals surface area contributed by atoms with Gasteiger partial charge < -0.3 is 13.9 Å². The number of halogens is 1. The maximum Gasteiger partial charge on any atom is 0.277 e. The van der Waals surface area contributed by atoms with Gasteiger partial charge in [-0.1, -0.05) is 12.1 Å². The number of benzene rings is 2. The Labute approximate surface area is 155 Å². The number of carbonyl (C=O) groups excluding carboxylic acids is 1. The molecule has 0 aliphatic rings. The van der Waals surface area contributed by atoms with Crippen LogP contribution in [-0.2, 0) is 4.79 Å². The summed E-state index contributed by atoms with van der Waals surface area (Å²) in [6.07, 6.45) is 1.33. The lowest BCUT2D eigenvalue weighted by molar-refractivity contribution is -0.123. The molecular weight excluding hydrogens is 351 g/mol. The minimum absolute atomic E-state index is 0.192. The Balaban J connectivity index is 1.50. The number of nitrogens with zero attached hydrogens (tertiary/aromatic N) is 1. The second-order valence-corrected chi connectivity index (χ2v) is 5.44. The molecular formula is C20H17FN2O4. The van der Waals surface area contributed by atoms with Gasteiger partial charge in [-0.05, 0) is 48.5 Å². The van der Waals surface area contributed by atoms with E-state index in [-0.39, 0.29) is 12.4 Å². The van der Waals surface area contributed by atoms with Crippen LogP contribution in [0.15, 0.2) is 70.2 Å². The summed E-state index contributed by atoms with van der Waals surface area (Å²) >= 11 is 0. The minimum atomic E-state index is -0.428. The number of nitrogens with one attached hydrogen (secondary N) is 1. The van der Waals surface area contributed by atoms with Crippen LogP contribution in [-0.4, -0.2) is 25.8 Å². The standard InChI is InChI=1S/C20H17FN2O4/c1-25-14-6-8-15(9-7-14)26-13-20(24)23-22-12-16-10-11-19(27-16)17-4-2-3-5-18(17)21/h2-12H,13H2,1H3,(H,23,24)/b22-12-. The average molecular weight is 368 g/mol. The average Bonchev–Trinajstić information content (AvgIpc) is 3.16. The van der Waals surface area contributed by atoms with Crippen molar-refractivity contribution in [2.75, 3.05) is 13.7 Å². The molecule has 1 amide bonds. The molecule has 1 N–H and O–H groups in total. The molecule has 0 radical (unpaired) electrons. The third-order valence-electron chi connectivity index (χ3n) is 3.58. The Bertz CT molecular complexity index is 935. The number of hydrazone groups is 1. The molecule has 0 spiro atoms. The zero-order valence-corrected chi connectivity index (χ0v) is 14.5. The van der Waals surface area contributed by atoms with Gasteiger partial charge in [0.15, 0.2) is 6.61 Å². The monoisotopic (exact) mass is 368 g/mol. The van der Waals surface area contributed by atoms with E-state index in [9.17, 15) is 9.18 Å². The number of carbonyl (C=O) groups is 1. The van der Waals surface area contributed by atoms with Crippen LogP contribution < -0.4 is 14.9 Å². The highest BCUT2D eigenvalue weighted by Crippen LogP contribution is 2.24. The molecule has 0 unspecified atom stereocenters. The van der Waals surface area contributed by atoms with Gasteiger partial charge >= 0.3 is 0 Å². The first kappa shape index (κ1) is 18.2. The third kappa shape index (κ3) is 4.94. The first-order valence-electron chi connectivity index (χ1n) is 8.09. The summed E-state index contributed by atoms with van der Waals surface area (Å²) in [5.74, 6) is 1.19. The third-order valence-corrected chi connectivity index (χ3v) is 3.58. The molecule has 6 nitrogen and oxygen atoms in total. The van der Waals surface area contributed by atoms with Gasteiger partial charge in [0.2, 0.25) is 0 Å². The van der Waals surface area contributed by atoms with Crippen molar-refractivity contribution in [3.05, 3.63) is 72.2 Å². The van der Waals surface area contributed by atoms with Crippen LogP contribution in [0.25, 0.3) is 11.3 Å². The van der Waals surface area contributed by atoms with Crippen LogP contribution in [0.1, 0.15) is 5.76 Å². The van der Waals surface area contributed by atoms with Crippen LogP contribution in [0.4, 0.5) is 4.39 Å². The lowest BCUT2D eigenvalue weighted by Crippen LogP contribution is -2.24. The number of furan rings is 1. The highest BCUT2D eigenvalue weighted by Gasteiger charge is 2.08. The molecule has 0 aliphatic carbocycles. The summed E-state index contributed by atoms with van der Waals surface area (Å²) in [6.45, 7) is -0.192. The van der Waals surface area contributed by atoms with Crippen molar-refractivity contribution >= 4 is 12.1 Å². The molecule has 2 aromatic carbocycles. The maximum atomic E-state index is 13.7. The molecule has 1 heterocycles. The molecule has 0 bridgehead atoms. The van der Waals surface area contributed by atoms with E-state index in [2.05, 4.69) is 10.5 Å². The summed E-state index contributed by atoms with van der Waals surface area (Å²) in [6, 6.07) is 16.4. The highest BCUT2D eigenvalue weighted by molar-refractivity contribution is 5.81. The van der Waals surface area contributed by atoms with E-state index in [1.165, 1.54) is 12.3 Å². The Morgan fingerprint density at radius 3 is 2.59 bits per heavy atom. The van der Waals surface area contributed by atoms with Crippen molar-refractivity contribution in [2.24, 2.45) is 5.10 Å². The van der Waals surface area contributed by atoms with E-state index >= 15 is 0 Å². The van der Waals surface area contributed by atoms with Crippen molar-refractivity contribution in [2.45, 2.75) is 0 Å². The summed E-state index contributed by atoms with van der Waals surface area (Å²) in [5.41, 5.74) is 2.69. The fourth-order valence-electron chi connectivity index (χ4n) is 2.25. The molecule has 3 aromatic rings. The van der Waals surface area contributed by atoms with Gasteiger partial charge in [0, 0.05) is 0 Å². The first-order valence-corrected chi connectivity index (χ1v) is 8.09. The molecule has 27 heavy (non-hydrogen) atoms. The van der Waals surface area contributed by atoms with Gasteiger partial charge in [0.05, 0.1) is 18.9 Å². The van der Waals surface area contributed by atoms with Crippen LogP contribution >= 0.6 is 0 Å². The van der Waals surface area contributed by atoms with Crippen molar-refractivity contribution in [1.82, 2.24) is 5.43 Å². The van der Waals surface area contributed by atoms with Gasteiger partial charge in [-0.25, -0.2) is 9.82 Å². The predicted octanol–water partition coefficient (Wildman–Crippen LogP) is 3.62. The molecule has 0 fully saturated rings. The van der Waals surface area contributed by atoms with E-state index in [1.807, 2.05) is 0 Å². The zero-order chi connectivity index (χ0) is 19.1. The molecule has 7 heteroatoms. The lowest BCUT2D eigenvalue weighted by Gasteiger charge is -2.05. The van der Waals surface area contributed by atoms with Crippen LogP contribution in [0.3, 0.4) is 0 Å². The van der Waals surface area contributed by atoms with Crippen molar-refractivity contribution < 1.29 is 23.1 Å². The summed E-state index contributed by atoms with van der Waals surface area (Å²) in [5, 5.41) is 3.80. The summed E-state index contributed by atoms with van der Waals surface area (Å²) < 4.78 is 29.6. The van der Waals surface area contributed by atoms with Gasteiger partial charge in [-0.3, -0.25) is 4.79 Å². The number of methoxy groups -OCH3 is 1. The largest absolute Gasteiger partial charge is 0.497 e. The van der Waals surface area contributed by atoms with E-state index in [1.54, 1.807) is 61.7 Å². The lowest BCUT2D eigenvalue weighted by atomic mass is 10.1. The Morgan fingerprint density at radius 2 is 1.85 bits per heavy atom. The predicted molar refractivity (Wildman–Crippen MR) is 98.3 cm³/mol. The fraction of sp³-hybridized carbons (Fsp3) is 0.100. The fourth-order valence-corrected chi connectivity index (χ4v) is 2.25. The topological polar surface area (TPSA) is 73.1 Å². The van der Waals surface area contributed by atoms with E-state index in [0.717, 1.165) is 0 Å². The molecule has 3 rings (SSSR count). The molecule has 138 valence electrons. The number of hydrogen-bond donors (Lipinski definition) is 1. The summed E-state index contributed by atoms with van der Waals surface area (Å²) in [4.78, 5) is 11.7. The molecule has 0 atom stereocenters. The van der Waals surface area contributed by atoms with Crippen molar-refractivity contribution in [1.29, 1.82) is 0 Å². The van der Waals surface area contributed by atoms with Gasteiger partial charge in [0.25, 0.3) is 5.91 Å². The summed E-state index contributed by atoms with van der Waals surface area (Å²) in [7, 11) is 1.57. The second kappa shape index (κ2) is 8.66. The number of ether oxygens (including phenoxy) is 2. The highest BCUT2D eigenvalue weighted by atomic mass is 19.1. The van der Waals surface area contributed by atoms with Gasteiger partial charge in [0.1, 0.15) is 28.8 Å². The smallest absolute Gasteiger partial charge is 0.277 e. The Hall–Kier alpha value is -3.61. The molecule has 0 aliphatic heterocycles. The Morgan fingerprint density at radius 1 is 1.11 bits per heavy atom. The van der Waals surface area contributed by atoms with Crippen molar-refractivity contribution in [3.63, 3.8) is 0 Å². The molecule has 0 saturated heterocycles. The molecule has 0 saturated carbocycles. The van der Waals surface area contributed by atoms with Crippen LogP contribution in [0.2, 0.25) is 0 Å². The SMILES string of the molecule is COc1ccc(OCC(=O)N/N=C\c2ccc(-c3ccccc3F)o2)cc1. The normalized spacial score (nSPS) is 10.7.